The molecule has 2 N–H and O–H groups in total. The second-order valence-electron chi connectivity index (χ2n) is 5.20. The van der Waals surface area contributed by atoms with Crippen molar-refractivity contribution in [2.45, 2.75) is 38.6 Å². The van der Waals surface area contributed by atoms with Crippen molar-refractivity contribution < 1.29 is 9.53 Å². The number of hydrogen-bond acceptors (Lipinski definition) is 3. The van der Waals surface area contributed by atoms with Crippen LogP contribution in [0.4, 0.5) is 0 Å². The first kappa shape index (κ1) is 14.5. The molecule has 4 nitrogen and oxygen atoms in total. The normalized spacial score (nSPS) is 29.1. The number of hydrogen-bond donors (Lipinski definition) is 1. The van der Waals surface area contributed by atoms with E-state index in [-0.39, 0.29) is 17.9 Å². The Morgan fingerprint density at radius 3 is 2.76 bits per heavy atom. The lowest BCUT2D eigenvalue weighted by atomic mass is 9.76. The van der Waals surface area contributed by atoms with E-state index in [1.807, 2.05) is 11.9 Å². The number of ether oxygens (including phenoxy) is 1. The lowest BCUT2D eigenvalue weighted by Gasteiger charge is -2.35. The average molecular weight is 242 g/mol. The minimum atomic E-state index is 0.0105. The SMILES string of the molecule is COCCCN(C)C(=O)C1C(C)CCCC1N. The number of carbonyl (C=O) groups is 1. The van der Waals surface area contributed by atoms with E-state index in [1.165, 1.54) is 0 Å². The molecule has 0 aromatic rings. The molecular formula is C13H26N2O2. The predicted molar refractivity (Wildman–Crippen MR) is 68.6 cm³/mol. The van der Waals surface area contributed by atoms with Crippen LogP contribution in [-0.2, 0) is 9.53 Å². The molecule has 1 fully saturated rings. The van der Waals surface area contributed by atoms with Crippen molar-refractivity contribution in [2.75, 3.05) is 27.3 Å². The van der Waals surface area contributed by atoms with E-state index in [1.54, 1.807) is 7.11 Å². The van der Waals surface area contributed by atoms with Crippen LogP contribution in [0.15, 0.2) is 0 Å². The van der Waals surface area contributed by atoms with Crippen molar-refractivity contribution >= 4 is 5.91 Å². The summed E-state index contributed by atoms with van der Waals surface area (Å²) in [6, 6.07) is 0.0381. The molecular weight excluding hydrogens is 216 g/mol. The highest BCUT2D eigenvalue weighted by Gasteiger charge is 2.35. The van der Waals surface area contributed by atoms with E-state index in [2.05, 4.69) is 6.92 Å². The number of carbonyl (C=O) groups excluding carboxylic acids is 1. The third-order valence-electron chi connectivity index (χ3n) is 3.77. The van der Waals surface area contributed by atoms with E-state index in [0.29, 0.717) is 12.5 Å². The van der Waals surface area contributed by atoms with Crippen LogP contribution in [0.5, 0.6) is 0 Å². The standard InChI is InChI=1S/C13H26N2O2/c1-10-6-4-7-11(14)12(10)13(16)15(2)8-5-9-17-3/h10-12H,4-9,14H2,1-3H3. The molecule has 0 aromatic carbocycles. The lowest BCUT2D eigenvalue weighted by Crippen LogP contribution is -2.48. The molecule has 1 aliphatic carbocycles. The van der Waals surface area contributed by atoms with Crippen molar-refractivity contribution in [3.05, 3.63) is 0 Å². The van der Waals surface area contributed by atoms with Gasteiger partial charge in [0.1, 0.15) is 0 Å². The number of amides is 1. The maximum absolute atomic E-state index is 12.3. The summed E-state index contributed by atoms with van der Waals surface area (Å²) in [5.74, 6) is 0.633. The van der Waals surface area contributed by atoms with Gasteiger partial charge in [0.2, 0.25) is 5.91 Å². The van der Waals surface area contributed by atoms with Crippen LogP contribution in [0.2, 0.25) is 0 Å². The van der Waals surface area contributed by atoms with E-state index < -0.39 is 0 Å². The highest BCUT2D eigenvalue weighted by Crippen LogP contribution is 2.30. The van der Waals surface area contributed by atoms with Crippen molar-refractivity contribution in [1.82, 2.24) is 4.90 Å². The van der Waals surface area contributed by atoms with Crippen LogP contribution in [0.3, 0.4) is 0 Å². The maximum Gasteiger partial charge on any atom is 0.227 e. The molecule has 17 heavy (non-hydrogen) atoms. The van der Waals surface area contributed by atoms with Gasteiger partial charge >= 0.3 is 0 Å². The summed E-state index contributed by atoms with van der Waals surface area (Å²) in [6.07, 6.45) is 4.14. The molecule has 0 radical (unpaired) electrons. The molecule has 3 atom stereocenters. The second kappa shape index (κ2) is 6.97. The average Bonchev–Trinajstić information content (AvgIpc) is 2.28. The predicted octanol–water partition coefficient (Wildman–Crippen LogP) is 1.24. The van der Waals surface area contributed by atoms with E-state index in [9.17, 15) is 4.79 Å². The van der Waals surface area contributed by atoms with Gasteiger partial charge in [-0.15, -0.1) is 0 Å². The van der Waals surface area contributed by atoms with E-state index in [4.69, 9.17) is 10.5 Å². The number of nitrogens with two attached hydrogens (primary N) is 1. The molecule has 0 bridgehead atoms. The van der Waals surface area contributed by atoms with Gasteiger partial charge in [-0.25, -0.2) is 0 Å². The summed E-state index contributed by atoms with van der Waals surface area (Å²) in [7, 11) is 3.55. The number of rotatable bonds is 5. The van der Waals surface area contributed by atoms with Crippen molar-refractivity contribution in [3.63, 3.8) is 0 Å². The van der Waals surface area contributed by atoms with Gasteiger partial charge in [-0.05, 0) is 25.2 Å². The summed E-state index contributed by atoms with van der Waals surface area (Å²) in [5, 5.41) is 0. The van der Waals surface area contributed by atoms with E-state index >= 15 is 0 Å². The lowest BCUT2D eigenvalue weighted by molar-refractivity contribution is -0.137. The van der Waals surface area contributed by atoms with Gasteiger partial charge in [0.05, 0.1) is 5.92 Å². The van der Waals surface area contributed by atoms with Gasteiger partial charge in [0, 0.05) is 33.4 Å². The minimum absolute atomic E-state index is 0.0105. The zero-order valence-corrected chi connectivity index (χ0v) is 11.3. The van der Waals surface area contributed by atoms with Crippen LogP contribution in [-0.4, -0.2) is 44.2 Å². The largest absolute Gasteiger partial charge is 0.385 e. The Bertz CT molecular complexity index is 236. The van der Waals surface area contributed by atoms with Gasteiger partial charge in [0.25, 0.3) is 0 Å². The smallest absolute Gasteiger partial charge is 0.227 e. The van der Waals surface area contributed by atoms with E-state index in [0.717, 1.165) is 32.2 Å². The van der Waals surface area contributed by atoms with Gasteiger partial charge in [-0.1, -0.05) is 13.3 Å². The fourth-order valence-corrected chi connectivity index (χ4v) is 2.69. The summed E-state index contributed by atoms with van der Waals surface area (Å²) in [4.78, 5) is 14.1. The molecule has 0 saturated heterocycles. The summed E-state index contributed by atoms with van der Waals surface area (Å²) in [6.45, 7) is 3.59. The quantitative estimate of drug-likeness (QED) is 0.738. The van der Waals surface area contributed by atoms with Crippen LogP contribution >= 0.6 is 0 Å². The highest BCUT2D eigenvalue weighted by molar-refractivity contribution is 5.79. The molecule has 0 aliphatic heterocycles. The molecule has 0 spiro atoms. The van der Waals surface area contributed by atoms with Gasteiger partial charge < -0.3 is 15.4 Å². The second-order valence-corrected chi connectivity index (χ2v) is 5.20. The third-order valence-corrected chi connectivity index (χ3v) is 3.77. The molecule has 100 valence electrons. The molecule has 1 amide bonds. The first-order valence-electron chi connectivity index (χ1n) is 6.57. The van der Waals surface area contributed by atoms with Crippen molar-refractivity contribution in [2.24, 2.45) is 17.6 Å². The summed E-state index contributed by atoms with van der Waals surface area (Å²) in [5.41, 5.74) is 6.09. The highest BCUT2D eigenvalue weighted by atomic mass is 16.5. The molecule has 1 rings (SSSR count). The Morgan fingerprint density at radius 2 is 2.18 bits per heavy atom. The molecule has 0 aromatic heterocycles. The number of methoxy groups -OCH3 is 1. The Hall–Kier alpha value is -0.610. The van der Waals surface area contributed by atoms with Gasteiger partial charge in [-0.3, -0.25) is 4.79 Å². The summed E-state index contributed by atoms with van der Waals surface area (Å²) < 4.78 is 5.00. The molecule has 1 aliphatic rings. The first-order chi connectivity index (χ1) is 8.07. The Labute approximate surface area is 104 Å². The summed E-state index contributed by atoms with van der Waals surface area (Å²) >= 11 is 0. The molecule has 1 saturated carbocycles. The van der Waals surface area contributed by atoms with Crippen LogP contribution in [0, 0.1) is 11.8 Å². The van der Waals surface area contributed by atoms with Gasteiger partial charge in [-0.2, -0.15) is 0 Å². The third kappa shape index (κ3) is 3.96. The number of nitrogens with zero attached hydrogens (tertiary/aromatic N) is 1. The van der Waals surface area contributed by atoms with Crippen molar-refractivity contribution in [3.8, 4) is 0 Å². The zero-order valence-electron chi connectivity index (χ0n) is 11.3. The Morgan fingerprint density at radius 1 is 1.47 bits per heavy atom. The van der Waals surface area contributed by atoms with Crippen LogP contribution < -0.4 is 5.73 Å². The fraction of sp³-hybridized carbons (Fsp3) is 0.923. The fourth-order valence-electron chi connectivity index (χ4n) is 2.69. The zero-order chi connectivity index (χ0) is 12.8. The maximum atomic E-state index is 12.3. The molecule has 4 heteroatoms. The monoisotopic (exact) mass is 242 g/mol. The Balaban J connectivity index is 2.48. The topological polar surface area (TPSA) is 55.6 Å². The molecule has 0 heterocycles. The minimum Gasteiger partial charge on any atom is -0.385 e. The Kier molecular flexibility index (Phi) is 5.92. The van der Waals surface area contributed by atoms with Gasteiger partial charge in [0.15, 0.2) is 0 Å². The van der Waals surface area contributed by atoms with Crippen LogP contribution in [0.1, 0.15) is 32.6 Å². The van der Waals surface area contributed by atoms with Crippen LogP contribution in [0.25, 0.3) is 0 Å². The molecule has 3 unspecified atom stereocenters. The first-order valence-corrected chi connectivity index (χ1v) is 6.57. The van der Waals surface area contributed by atoms with Crippen molar-refractivity contribution in [1.29, 1.82) is 0 Å².